The molecule has 39 heavy (non-hydrogen) atoms. The molecular weight excluding hydrogens is 520 g/mol. The number of rotatable bonds is 2. The van der Waals surface area contributed by atoms with Crippen molar-refractivity contribution in [2.24, 2.45) is 10.8 Å². The molecule has 8 N–H and O–H groups in total. The molecule has 13 heteroatoms. The van der Waals surface area contributed by atoms with Gasteiger partial charge in [-0.2, -0.15) is 0 Å². The first-order valence-corrected chi connectivity index (χ1v) is 11.9. The monoisotopic (exact) mass is 544 g/mol. The third-order valence-corrected chi connectivity index (χ3v) is 8.86. The van der Waals surface area contributed by atoms with E-state index in [1.165, 1.54) is 13.8 Å². The molecule has 0 radical (unpaired) electrons. The summed E-state index contributed by atoms with van der Waals surface area (Å²) < 4.78 is 5.36. The van der Waals surface area contributed by atoms with Crippen LogP contribution in [0.4, 0.5) is 0 Å². The molecule has 1 heterocycles. The average molecular weight is 544 g/mol. The Morgan fingerprint density at radius 3 is 1.08 bits per heavy atom. The number of aliphatic hydroxyl groups is 2. The van der Waals surface area contributed by atoms with Gasteiger partial charge in [-0.1, -0.05) is 13.8 Å². The van der Waals surface area contributed by atoms with Crippen LogP contribution in [-0.4, -0.2) is 75.6 Å². The van der Waals surface area contributed by atoms with Gasteiger partial charge in [0.15, 0.2) is 34.6 Å². The highest BCUT2D eigenvalue weighted by Gasteiger charge is 2.89. The van der Waals surface area contributed by atoms with Crippen molar-refractivity contribution in [1.29, 1.82) is 0 Å². The SMILES string of the molecule is CC[C@@]12C(=O)c3c(O)c(C)c(O)c(O)c3C(=O)[C@@]1(O)O[C@]1(O)C(=O)c3c(O)c(O)c(C)c(O)c3C(=O)[C@@]21CC. The predicted octanol–water partition coefficient (Wildman–Crippen LogP) is 1.20. The Labute approximate surface area is 219 Å². The van der Waals surface area contributed by atoms with Gasteiger partial charge in [0.2, 0.25) is 23.1 Å². The first-order chi connectivity index (χ1) is 18.0. The zero-order chi connectivity index (χ0) is 29.4. The molecule has 2 aromatic rings. The van der Waals surface area contributed by atoms with E-state index in [4.69, 9.17) is 4.74 Å². The van der Waals surface area contributed by atoms with E-state index < -0.39 is 126 Å². The lowest BCUT2D eigenvalue weighted by Crippen LogP contribution is -2.69. The fraction of sp³-hybridized carbons (Fsp3) is 0.385. The van der Waals surface area contributed by atoms with Crippen molar-refractivity contribution in [3.05, 3.63) is 33.4 Å². The molecule has 1 aliphatic heterocycles. The number of phenols is 6. The summed E-state index contributed by atoms with van der Waals surface area (Å²) in [5, 5.41) is 86.9. The minimum absolute atomic E-state index is 0.422. The normalized spacial score (nSPS) is 31.1. The number of hydrogen-bond donors (Lipinski definition) is 8. The highest BCUT2D eigenvalue weighted by molar-refractivity contribution is 6.30. The van der Waals surface area contributed by atoms with E-state index in [1.54, 1.807) is 0 Å². The minimum atomic E-state index is -3.54. The summed E-state index contributed by atoms with van der Waals surface area (Å²) >= 11 is 0. The summed E-state index contributed by atoms with van der Waals surface area (Å²) in [5.41, 5.74) is -10.5. The number of aromatic hydroxyl groups is 6. The van der Waals surface area contributed by atoms with Crippen molar-refractivity contribution in [1.82, 2.24) is 0 Å². The number of carbonyl (C=O) groups is 4. The molecule has 0 saturated carbocycles. The summed E-state index contributed by atoms with van der Waals surface area (Å²) in [5.74, 6) is -19.5. The fourth-order valence-corrected chi connectivity index (χ4v) is 6.86. The van der Waals surface area contributed by atoms with Gasteiger partial charge < -0.3 is 45.6 Å². The summed E-state index contributed by atoms with van der Waals surface area (Å²) in [4.78, 5) is 56.4. The van der Waals surface area contributed by atoms with Gasteiger partial charge in [-0.25, -0.2) is 0 Å². The Morgan fingerprint density at radius 1 is 0.513 bits per heavy atom. The van der Waals surface area contributed by atoms with Crippen LogP contribution < -0.4 is 0 Å². The van der Waals surface area contributed by atoms with Crippen molar-refractivity contribution < 1.29 is 64.8 Å². The summed E-state index contributed by atoms with van der Waals surface area (Å²) in [7, 11) is 0. The maximum absolute atomic E-state index is 14.4. The van der Waals surface area contributed by atoms with Gasteiger partial charge in [0.1, 0.15) is 22.3 Å². The highest BCUT2D eigenvalue weighted by atomic mass is 16.7. The second-order valence-electron chi connectivity index (χ2n) is 10.1. The topological polar surface area (TPSA) is 239 Å². The van der Waals surface area contributed by atoms with Crippen molar-refractivity contribution in [3.63, 3.8) is 0 Å². The third-order valence-electron chi connectivity index (χ3n) is 8.86. The van der Waals surface area contributed by atoms with Gasteiger partial charge in [0.05, 0.1) is 22.3 Å². The van der Waals surface area contributed by atoms with Gasteiger partial charge >= 0.3 is 0 Å². The Hall–Kier alpha value is -4.20. The number of Topliss-reactive ketones (excluding diaryl/α,β-unsaturated/α-hetero) is 4. The van der Waals surface area contributed by atoms with E-state index in [2.05, 4.69) is 0 Å². The number of phenolic OH excluding ortho intramolecular Hbond substituents is 6. The quantitative estimate of drug-likeness (QED) is 0.196. The molecule has 3 aliphatic rings. The van der Waals surface area contributed by atoms with Gasteiger partial charge in [-0.3, -0.25) is 19.2 Å². The van der Waals surface area contributed by atoms with E-state index >= 15 is 0 Å². The lowest BCUT2D eigenvalue weighted by Gasteiger charge is -2.51. The molecule has 2 aromatic carbocycles. The molecule has 13 nitrogen and oxygen atoms in total. The molecule has 0 amide bonds. The summed E-state index contributed by atoms with van der Waals surface area (Å²) in [6.07, 6.45) is -1.33. The minimum Gasteiger partial charge on any atom is -0.507 e. The summed E-state index contributed by atoms with van der Waals surface area (Å²) in [6, 6.07) is 0. The molecule has 1 fully saturated rings. The van der Waals surface area contributed by atoms with Crippen LogP contribution in [0.25, 0.3) is 0 Å². The van der Waals surface area contributed by atoms with Crippen molar-refractivity contribution in [3.8, 4) is 34.5 Å². The zero-order valence-electron chi connectivity index (χ0n) is 21.0. The van der Waals surface area contributed by atoms with Crippen molar-refractivity contribution >= 4 is 23.1 Å². The van der Waals surface area contributed by atoms with Crippen LogP contribution in [-0.2, 0) is 4.74 Å². The molecule has 4 atom stereocenters. The standard InChI is InChI=1S/C26H24O13/c1-5-23-19(33)9-11(17(31)15(29)7(3)13(9)27)21(35)25(23,37)39-26(38)22(36)12-10(20(34)24(23,26)6-2)14(28)8(4)16(30)18(12)32/h27-32,37-38H,5-6H2,1-4H3/t23-,24-,25+,26+/m0/s1. The van der Waals surface area contributed by atoms with E-state index in [-0.39, 0.29) is 0 Å². The molecule has 5 rings (SSSR count). The van der Waals surface area contributed by atoms with Gasteiger partial charge in [0, 0.05) is 11.1 Å². The second-order valence-corrected chi connectivity index (χ2v) is 10.1. The van der Waals surface area contributed by atoms with Crippen LogP contribution in [0.2, 0.25) is 0 Å². The molecule has 206 valence electrons. The van der Waals surface area contributed by atoms with Crippen LogP contribution in [0.1, 0.15) is 79.2 Å². The van der Waals surface area contributed by atoms with Crippen molar-refractivity contribution in [2.75, 3.05) is 0 Å². The molecule has 0 bridgehead atoms. The maximum Gasteiger partial charge on any atom is 0.248 e. The van der Waals surface area contributed by atoms with E-state index in [1.807, 2.05) is 0 Å². The van der Waals surface area contributed by atoms with Crippen LogP contribution >= 0.6 is 0 Å². The largest absolute Gasteiger partial charge is 0.507 e. The zero-order valence-corrected chi connectivity index (χ0v) is 21.0. The van der Waals surface area contributed by atoms with Crippen LogP contribution in [0, 0.1) is 24.7 Å². The van der Waals surface area contributed by atoms with E-state index in [9.17, 15) is 60.0 Å². The van der Waals surface area contributed by atoms with Crippen LogP contribution in [0.3, 0.4) is 0 Å². The maximum atomic E-state index is 14.4. The smallest absolute Gasteiger partial charge is 0.248 e. The van der Waals surface area contributed by atoms with Gasteiger partial charge in [-0.05, 0) is 26.7 Å². The number of carbonyl (C=O) groups excluding carboxylic acids is 4. The Balaban J connectivity index is 2.00. The third kappa shape index (κ3) is 2.27. The summed E-state index contributed by atoms with van der Waals surface area (Å²) in [6.45, 7) is 4.70. The lowest BCUT2D eigenvalue weighted by atomic mass is 9.45. The molecule has 0 spiro atoms. The number of hydrogen-bond acceptors (Lipinski definition) is 13. The second kappa shape index (κ2) is 7.25. The average Bonchev–Trinajstić information content (AvgIpc) is 3.10. The predicted molar refractivity (Wildman–Crippen MR) is 126 cm³/mol. The van der Waals surface area contributed by atoms with Gasteiger partial charge in [0.25, 0.3) is 0 Å². The van der Waals surface area contributed by atoms with E-state index in [0.29, 0.717) is 0 Å². The van der Waals surface area contributed by atoms with E-state index in [0.717, 1.165) is 13.8 Å². The molecule has 2 aliphatic carbocycles. The first-order valence-electron chi connectivity index (χ1n) is 11.9. The number of ketones is 4. The molecule has 0 aromatic heterocycles. The molecular formula is C26H24O13. The van der Waals surface area contributed by atoms with Crippen LogP contribution in [0.15, 0.2) is 0 Å². The number of fused-ring (bicyclic) bond motifs is 5. The highest BCUT2D eigenvalue weighted by Crippen LogP contribution is 2.73. The Morgan fingerprint density at radius 2 is 0.795 bits per heavy atom. The number of ether oxygens (including phenoxy) is 1. The lowest BCUT2D eigenvalue weighted by molar-refractivity contribution is -0.261. The van der Waals surface area contributed by atoms with Crippen molar-refractivity contribution in [2.45, 2.75) is 52.1 Å². The van der Waals surface area contributed by atoms with Gasteiger partial charge in [-0.15, -0.1) is 0 Å². The van der Waals surface area contributed by atoms with Crippen LogP contribution in [0.5, 0.6) is 34.5 Å². The Bertz CT molecular complexity index is 1490. The Kier molecular flexibility index (Phi) is 4.91. The first kappa shape index (κ1) is 26.4. The number of benzene rings is 2. The molecule has 1 saturated heterocycles. The molecule has 0 unspecified atom stereocenters. The fourth-order valence-electron chi connectivity index (χ4n) is 6.86.